The monoisotopic (exact) mass is 1130 g/mol. The van der Waals surface area contributed by atoms with Gasteiger partial charge in [0.05, 0.1) is 24.0 Å². The predicted octanol–water partition coefficient (Wildman–Crippen LogP) is 11.1. The van der Waals surface area contributed by atoms with Crippen LogP contribution in [0.2, 0.25) is 26.3 Å². The maximum atomic E-state index is 13.5. The average Bonchev–Trinajstić information content (AvgIpc) is 2.87. The van der Waals surface area contributed by atoms with Crippen molar-refractivity contribution in [3.63, 3.8) is 0 Å². The molecule has 1 aliphatic rings. The molecule has 6 aromatic rings. The predicted molar refractivity (Wildman–Crippen MR) is 313 cm³/mol. The lowest BCUT2D eigenvalue weighted by Gasteiger charge is -2.39. The van der Waals surface area contributed by atoms with Crippen LogP contribution in [-0.2, 0) is 47.9 Å². The largest absolute Gasteiger partial charge is 0.481 e. The molecule has 1 saturated heterocycles. The number of aliphatic hydroxyl groups excluding tert-OH is 2. The third-order valence-electron chi connectivity index (χ3n) is 14.7. The zero-order chi connectivity index (χ0) is 60.6. The van der Waals surface area contributed by atoms with E-state index in [2.05, 4.69) is 0 Å². The highest BCUT2D eigenvalue weighted by molar-refractivity contribution is 6.48. The summed E-state index contributed by atoms with van der Waals surface area (Å²) in [6, 6.07) is 41.8. The SMILES string of the molecule is CB(O)C[C@H](Cc1ccc(-c2cccc(F)c2)cc1)CC1(C)C(=O)OC(C)(C)OC1=O.CB(O)C[C@H](Cc1ccc(-c2cccc(F)c2)cc1)C[C@@](C)(CO)C(=O)O.C[C@@](CO)(C[C@H](N)Cc1ccc(-c2cccc(F)c2)cc1)C(=O)O. The Kier molecular flexibility index (Phi) is 23.4. The summed E-state index contributed by atoms with van der Waals surface area (Å²) in [5, 5.41) is 57.2. The number of halogens is 3. The van der Waals surface area contributed by atoms with Crippen molar-refractivity contribution in [2.24, 2.45) is 33.8 Å². The van der Waals surface area contributed by atoms with Crippen molar-refractivity contribution in [2.75, 3.05) is 13.2 Å². The molecule has 5 atom stereocenters. The van der Waals surface area contributed by atoms with Gasteiger partial charge in [-0.1, -0.05) is 123 Å². The van der Waals surface area contributed by atoms with Crippen LogP contribution >= 0.6 is 0 Å². The number of cyclic esters (lactones) is 2. The first-order valence-electron chi connectivity index (χ1n) is 27.4. The standard InChI is InChI=1S/C24H28BFO5.C21H26BFO4.C19H22FNO3/c1-23(2)30-21(27)24(3,22(28)31-23)14-17(15-25(4)29)12-16-8-10-18(11-9-16)19-6-5-7-20(26)13-19;1-21(14-24,20(25)26)12-16(13-22(2)27)10-15-6-8-17(9-7-15)18-4-3-5-19(23)11-18;1-19(12-22,18(23)24)11-17(21)9-13-5-7-14(8-6-13)15-3-2-4-16(20)10-15/h5-11,13,17,29H,12,14-15H2,1-4H3;3-9,11,16,24,27H,10,12-14H2,1-2H3,(H,25,26);2-8,10,17,22H,9,11-12,21H2,1H3,(H,23,24)/t17-;16-,21+;17-,19+/m111/s1. The molecular formula is C64H76B2F3NO12. The van der Waals surface area contributed by atoms with Crippen molar-refractivity contribution in [1.29, 1.82) is 0 Å². The zero-order valence-corrected chi connectivity index (χ0v) is 47.7. The van der Waals surface area contributed by atoms with E-state index in [-0.39, 0.29) is 54.6 Å². The highest BCUT2D eigenvalue weighted by Crippen LogP contribution is 2.40. The van der Waals surface area contributed by atoms with E-state index in [0.29, 0.717) is 31.9 Å². The van der Waals surface area contributed by atoms with Crippen molar-refractivity contribution in [3.8, 4) is 33.4 Å². The van der Waals surface area contributed by atoms with Gasteiger partial charge in [0, 0.05) is 19.9 Å². The summed E-state index contributed by atoms with van der Waals surface area (Å²) in [5.74, 6) is -5.67. The molecule has 0 spiro atoms. The summed E-state index contributed by atoms with van der Waals surface area (Å²) >= 11 is 0. The molecule has 0 amide bonds. The van der Waals surface area contributed by atoms with Crippen LogP contribution in [0.4, 0.5) is 13.2 Å². The molecule has 13 nitrogen and oxygen atoms in total. The van der Waals surface area contributed by atoms with Gasteiger partial charge in [-0.25, -0.2) is 13.2 Å². The van der Waals surface area contributed by atoms with Crippen LogP contribution in [0.25, 0.3) is 33.4 Å². The highest BCUT2D eigenvalue weighted by Gasteiger charge is 2.53. The lowest BCUT2D eigenvalue weighted by Crippen LogP contribution is -2.53. The Labute approximate surface area is 479 Å². The first-order valence-corrected chi connectivity index (χ1v) is 27.4. The van der Waals surface area contributed by atoms with Gasteiger partial charge in [0.25, 0.3) is 19.6 Å². The molecule has 0 radical (unpaired) electrons. The fourth-order valence-corrected chi connectivity index (χ4v) is 10.2. The van der Waals surface area contributed by atoms with Crippen molar-refractivity contribution in [3.05, 3.63) is 180 Å². The highest BCUT2D eigenvalue weighted by atomic mass is 19.1. The molecule has 0 aliphatic carbocycles. The Bertz CT molecular complexity index is 3050. The number of hydrogen-bond donors (Lipinski definition) is 7. The second-order valence-corrected chi connectivity index (χ2v) is 23.1. The molecule has 1 fully saturated rings. The molecule has 82 heavy (non-hydrogen) atoms. The lowest BCUT2D eigenvalue weighted by molar-refractivity contribution is -0.250. The number of hydrogen-bond acceptors (Lipinski definition) is 11. The van der Waals surface area contributed by atoms with E-state index in [4.69, 9.17) is 15.2 Å². The van der Waals surface area contributed by atoms with Gasteiger partial charge in [0.15, 0.2) is 5.41 Å². The topological polar surface area (TPSA) is 234 Å². The van der Waals surface area contributed by atoms with Crippen LogP contribution in [0.3, 0.4) is 0 Å². The van der Waals surface area contributed by atoms with Crippen LogP contribution in [0.5, 0.6) is 0 Å². The fourth-order valence-electron chi connectivity index (χ4n) is 10.2. The quantitative estimate of drug-likeness (QED) is 0.0180. The zero-order valence-electron chi connectivity index (χ0n) is 47.7. The maximum absolute atomic E-state index is 13.5. The van der Waals surface area contributed by atoms with E-state index in [1.165, 1.54) is 71.0 Å². The van der Waals surface area contributed by atoms with Gasteiger partial charge in [0.2, 0.25) is 0 Å². The number of aliphatic hydroxyl groups is 2. The average molecular weight is 1130 g/mol. The van der Waals surface area contributed by atoms with Crippen LogP contribution < -0.4 is 5.73 Å². The number of nitrogens with two attached hydrogens (primary N) is 1. The number of ether oxygens (including phenoxy) is 2. The molecule has 1 aliphatic heterocycles. The first kappa shape index (κ1) is 65.7. The van der Waals surface area contributed by atoms with Crippen molar-refractivity contribution in [1.82, 2.24) is 0 Å². The fraction of sp³-hybridized carbons (Fsp3) is 0.375. The normalized spacial score (nSPS) is 15.9. The minimum Gasteiger partial charge on any atom is -0.481 e. The number of esters is 2. The summed E-state index contributed by atoms with van der Waals surface area (Å²) < 4.78 is 50.8. The summed E-state index contributed by atoms with van der Waals surface area (Å²) in [6.07, 6.45) is 3.20. The van der Waals surface area contributed by atoms with Crippen LogP contribution in [-0.4, -0.2) is 93.2 Å². The number of aliphatic carboxylic acids is 2. The molecule has 7 rings (SSSR count). The van der Waals surface area contributed by atoms with Gasteiger partial charge in [-0.3, -0.25) is 19.2 Å². The van der Waals surface area contributed by atoms with Crippen molar-refractivity contribution < 1.29 is 72.3 Å². The molecule has 0 bridgehead atoms. The lowest BCUT2D eigenvalue weighted by atomic mass is 9.60. The molecule has 436 valence electrons. The second kappa shape index (κ2) is 29.3. The van der Waals surface area contributed by atoms with Gasteiger partial charge >= 0.3 is 23.9 Å². The Hall–Kier alpha value is -7.08. The summed E-state index contributed by atoms with van der Waals surface area (Å²) in [7, 11) is 0. The van der Waals surface area contributed by atoms with E-state index < -0.39 is 73.0 Å². The number of carboxylic acids is 2. The summed E-state index contributed by atoms with van der Waals surface area (Å²) in [6.45, 7) is 8.91. The summed E-state index contributed by atoms with van der Waals surface area (Å²) in [4.78, 5) is 48.0. The molecular weight excluding hydrogens is 1050 g/mol. The van der Waals surface area contributed by atoms with E-state index >= 15 is 0 Å². The van der Waals surface area contributed by atoms with E-state index in [1.807, 2.05) is 91.0 Å². The van der Waals surface area contributed by atoms with Crippen molar-refractivity contribution >= 4 is 37.7 Å². The molecule has 8 N–H and O–H groups in total. The number of rotatable bonds is 23. The number of carbonyl (C=O) groups excluding carboxylic acids is 2. The Morgan fingerprint density at radius 2 is 0.866 bits per heavy atom. The number of benzene rings is 6. The van der Waals surface area contributed by atoms with Gasteiger partial charge in [-0.15, -0.1) is 0 Å². The molecule has 6 aromatic carbocycles. The van der Waals surface area contributed by atoms with Gasteiger partial charge in [-0.05, 0) is 170 Å². The van der Waals surface area contributed by atoms with Crippen LogP contribution in [0.15, 0.2) is 146 Å². The van der Waals surface area contributed by atoms with Crippen molar-refractivity contribution in [2.45, 2.75) is 111 Å². The number of carboxylic acid groups (broad SMARTS) is 2. The molecule has 0 unspecified atom stereocenters. The Balaban J connectivity index is 0.000000227. The third-order valence-corrected chi connectivity index (χ3v) is 14.7. The third kappa shape index (κ3) is 19.3. The Morgan fingerprint density at radius 1 is 0.537 bits per heavy atom. The molecule has 0 saturated carbocycles. The minimum absolute atomic E-state index is 0.0849. The number of carbonyl (C=O) groups is 4. The Morgan fingerprint density at radius 3 is 1.20 bits per heavy atom. The van der Waals surface area contributed by atoms with Gasteiger partial charge in [-0.2, -0.15) is 0 Å². The van der Waals surface area contributed by atoms with Crippen LogP contribution in [0, 0.1) is 45.5 Å². The molecule has 0 aromatic heterocycles. The molecule has 1 heterocycles. The van der Waals surface area contributed by atoms with E-state index in [1.54, 1.807) is 31.8 Å². The minimum atomic E-state index is -1.42. The first-order chi connectivity index (χ1) is 38.5. The second-order valence-electron chi connectivity index (χ2n) is 23.1. The van der Waals surface area contributed by atoms with Gasteiger partial charge in [0.1, 0.15) is 17.5 Å². The van der Waals surface area contributed by atoms with E-state index in [0.717, 1.165) is 50.1 Å². The maximum Gasteiger partial charge on any atom is 0.326 e. The summed E-state index contributed by atoms with van der Waals surface area (Å²) in [5.41, 5.74) is 10.2. The molecule has 18 heteroatoms. The van der Waals surface area contributed by atoms with Gasteiger partial charge < -0.3 is 45.7 Å². The van der Waals surface area contributed by atoms with E-state index in [9.17, 15) is 62.8 Å². The van der Waals surface area contributed by atoms with Crippen LogP contribution in [0.1, 0.15) is 70.6 Å². The smallest absolute Gasteiger partial charge is 0.326 e.